The monoisotopic (exact) mass is 414 g/mol. The second-order valence-corrected chi connectivity index (χ2v) is 12.8. The lowest BCUT2D eigenvalue weighted by Crippen LogP contribution is -2.54. The van der Waals surface area contributed by atoms with Crippen LogP contribution in [0.25, 0.3) is 0 Å². The van der Waals surface area contributed by atoms with Gasteiger partial charge in [-0.2, -0.15) is 0 Å². The number of hydrogen-bond acceptors (Lipinski definition) is 5. The van der Waals surface area contributed by atoms with Crippen LogP contribution in [0, 0.1) is 5.41 Å². The van der Waals surface area contributed by atoms with Gasteiger partial charge >= 0.3 is 6.09 Å². The molecule has 162 valence electrons. The van der Waals surface area contributed by atoms with Gasteiger partial charge in [-0.05, 0) is 85.5 Å². The molecule has 1 heterocycles. The molecule has 3 aliphatic rings. The number of hydrogen-bond donors (Lipinski definition) is 1. The molecule has 0 aromatic carbocycles. The van der Waals surface area contributed by atoms with Crippen LogP contribution in [0.2, 0.25) is 0 Å². The minimum atomic E-state index is -1.11. The topological polar surface area (TPSA) is 73.9 Å². The molecule has 1 saturated heterocycles. The Morgan fingerprint density at radius 1 is 1.11 bits per heavy atom. The van der Waals surface area contributed by atoms with Crippen LogP contribution < -0.4 is 4.72 Å². The van der Waals surface area contributed by atoms with E-state index < -0.39 is 17.0 Å². The summed E-state index contributed by atoms with van der Waals surface area (Å²) in [5.74, 6) is 0. The Kier molecular flexibility index (Phi) is 6.32. The smallest absolute Gasteiger partial charge is 0.410 e. The summed E-state index contributed by atoms with van der Waals surface area (Å²) in [6, 6.07) is 0.164. The second kappa shape index (κ2) is 7.97. The Morgan fingerprint density at radius 3 is 2.21 bits per heavy atom. The van der Waals surface area contributed by atoms with Gasteiger partial charge in [0.1, 0.15) is 10.3 Å². The quantitative estimate of drug-likeness (QED) is 0.709. The number of nitrogens with zero attached hydrogens (tertiary/aromatic N) is 1. The van der Waals surface area contributed by atoms with Crippen molar-refractivity contribution in [3.63, 3.8) is 0 Å². The second-order valence-electron chi connectivity index (χ2n) is 10.8. The summed E-state index contributed by atoms with van der Waals surface area (Å²) < 4.78 is 27.7. The van der Waals surface area contributed by atoms with E-state index in [1.54, 1.807) is 0 Å². The zero-order chi connectivity index (χ0) is 20.7. The lowest BCUT2D eigenvalue weighted by atomic mass is 9.74. The standard InChI is InChI=1S/C21H38N2O4S/c1-19(2,3)27-18(24)23-11-9-21(10-12-23)14-16(26-15-7-8-15)13-17(21)22-28(25)20(4,5)6/h15-17,22H,7-14H2,1-6H3/t16-,17+,28+/m0/s1. The third-order valence-electron chi connectivity index (χ3n) is 6.00. The van der Waals surface area contributed by atoms with E-state index in [1.807, 2.05) is 46.4 Å². The van der Waals surface area contributed by atoms with E-state index in [-0.39, 0.29) is 28.4 Å². The fourth-order valence-electron chi connectivity index (χ4n) is 4.26. The Bertz CT molecular complexity index is 560. The van der Waals surface area contributed by atoms with E-state index in [0.29, 0.717) is 19.2 Å². The highest BCUT2D eigenvalue weighted by Crippen LogP contribution is 2.49. The molecule has 1 aliphatic heterocycles. The van der Waals surface area contributed by atoms with Gasteiger partial charge < -0.3 is 18.9 Å². The highest BCUT2D eigenvalue weighted by atomic mass is 32.2. The van der Waals surface area contributed by atoms with Gasteiger partial charge in [0.2, 0.25) is 0 Å². The summed E-state index contributed by atoms with van der Waals surface area (Å²) in [7, 11) is 0. The molecular formula is C21H38N2O4S. The Balaban J connectivity index is 1.65. The van der Waals surface area contributed by atoms with Gasteiger partial charge in [0.05, 0.1) is 18.2 Å². The van der Waals surface area contributed by atoms with Crippen molar-refractivity contribution in [1.29, 1.82) is 0 Å². The minimum Gasteiger partial charge on any atom is -0.598 e. The van der Waals surface area contributed by atoms with Gasteiger partial charge in [-0.3, -0.25) is 0 Å². The van der Waals surface area contributed by atoms with Crippen LogP contribution in [0.1, 0.15) is 80.1 Å². The molecule has 0 radical (unpaired) electrons. The van der Waals surface area contributed by atoms with Crippen molar-refractivity contribution >= 4 is 17.5 Å². The number of rotatable bonds is 4. The first-order valence-corrected chi connectivity index (χ1v) is 11.8. The highest BCUT2D eigenvalue weighted by Gasteiger charge is 2.53. The minimum absolute atomic E-state index is 0.0407. The molecule has 3 atom stereocenters. The summed E-state index contributed by atoms with van der Waals surface area (Å²) in [5, 5.41) is 0. The zero-order valence-corrected chi connectivity index (χ0v) is 19.2. The van der Waals surface area contributed by atoms with E-state index in [0.717, 1.165) is 25.7 Å². The number of likely N-dealkylation sites (tertiary alicyclic amines) is 1. The van der Waals surface area contributed by atoms with Gasteiger partial charge in [-0.15, -0.1) is 4.72 Å². The summed E-state index contributed by atoms with van der Waals surface area (Å²) in [6.45, 7) is 13.1. The van der Waals surface area contributed by atoms with E-state index in [1.165, 1.54) is 12.8 Å². The van der Waals surface area contributed by atoms with Gasteiger partial charge in [-0.25, -0.2) is 4.79 Å². The molecule has 1 spiro atoms. The summed E-state index contributed by atoms with van der Waals surface area (Å²) in [4.78, 5) is 14.3. The molecule has 0 unspecified atom stereocenters. The van der Waals surface area contributed by atoms with Gasteiger partial charge in [0.15, 0.2) is 0 Å². The van der Waals surface area contributed by atoms with Crippen LogP contribution in [0.3, 0.4) is 0 Å². The maximum absolute atomic E-state index is 12.8. The molecule has 0 bridgehead atoms. The first kappa shape index (κ1) is 22.2. The van der Waals surface area contributed by atoms with Crippen LogP contribution in [-0.2, 0) is 20.8 Å². The van der Waals surface area contributed by atoms with E-state index in [4.69, 9.17) is 9.47 Å². The first-order chi connectivity index (χ1) is 12.9. The van der Waals surface area contributed by atoms with E-state index >= 15 is 0 Å². The van der Waals surface area contributed by atoms with Gasteiger partial charge in [-0.1, -0.05) is 0 Å². The average Bonchev–Trinajstić information content (AvgIpc) is 3.30. The largest absolute Gasteiger partial charge is 0.598 e. The molecule has 0 aromatic rings. The Hall–Kier alpha value is -0.500. The third-order valence-corrected chi connectivity index (χ3v) is 7.61. The molecule has 2 aliphatic carbocycles. The number of ether oxygens (including phenoxy) is 2. The molecule has 6 nitrogen and oxygen atoms in total. The number of nitrogens with one attached hydrogen (secondary N) is 1. The van der Waals surface area contributed by atoms with Crippen molar-refractivity contribution in [2.24, 2.45) is 5.41 Å². The maximum atomic E-state index is 12.8. The SMILES string of the molecule is CC(C)(C)OC(=O)N1CCC2(CC1)C[C@@H](OC1CC1)C[C@H]2N[S@+]([O-])C(C)(C)C. The fourth-order valence-corrected chi connectivity index (χ4v) is 5.22. The first-order valence-electron chi connectivity index (χ1n) is 10.7. The number of carbonyl (C=O) groups is 1. The predicted octanol–water partition coefficient (Wildman–Crippen LogP) is 3.77. The average molecular weight is 415 g/mol. The summed E-state index contributed by atoms with van der Waals surface area (Å²) >= 11 is -1.11. The van der Waals surface area contributed by atoms with Gasteiger partial charge in [0, 0.05) is 24.5 Å². The predicted molar refractivity (Wildman–Crippen MR) is 111 cm³/mol. The van der Waals surface area contributed by atoms with Crippen molar-refractivity contribution in [1.82, 2.24) is 9.62 Å². The van der Waals surface area contributed by atoms with Crippen molar-refractivity contribution < 1.29 is 18.8 Å². The van der Waals surface area contributed by atoms with E-state index in [9.17, 15) is 9.35 Å². The zero-order valence-electron chi connectivity index (χ0n) is 18.4. The molecule has 3 fully saturated rings. The highest BCUT2D eigenvalue weighted by molar-refractivity contribution is 7.90. The molecule has 0 aromatic heterocycles. The number of carbonyl (C=O) groups excluding carboxylic acids is 1. The Labute approximate surface area is 173 Å². The maximum Gasteiger partial charge on any atom is 0.410 e. The van der Waals surface area contributed by atoms with Crippen LogP contribution in [0.15, 0.2) is 0 Å². The van der Waals surface area contributed by atoms with Crippen LogP contribution in [0.4, 0.5) is 4.79 Å². The Morgan fingerprint density at radius 2 is 1.71 bits per heavy atom. The number of amides is 1. The lowest BCUT2D eigenvalue weighted by molar-refractivity contribution is 0.00210. The third kappa shape index (κ3) is 5.55. The molecular weight excluding hydrogens is 376 g/mol. The van der Waals surface area contributed by atoms with E-state index in [2.05, 4.69) is 4.72 Å². The molecule has 1 amide bonds. The fraction of sp³-hybridized carbons (Fsp3) is 0.952. The van der Waals surface area contributed by atoms with Crippen molar-refractivity contribution in [2.75, 3.05) is 13.1 Å². The van der Waals surface area contributed by atoms with Crippen LogP contribution in [0.5, 0.6) is 0 Å². The van der Waals surface area contributed by atoms with Crippen molar-refractivity contribution in [2.45, 2.75) is 109 Å². The normalized spacial score (nSPS) is 29.2. The van der Waals surface area contributed by atoms with Crippen molar-refractivity contribution in [3.05, 3.63) is 0 Å². The van der Waals surface area contributed by atoms with Gasteiger partial charge in [0.25, 0.3) is 0 Å². The molecule has 7 heteroatoms. The molecule has 1 N–H and O–H groups in total. The molecule has 2 saturated carbocycles. The van der Waals surface area contributed by atoms with Crippen molar-refractivity contribution in [3.8, 4) is 0 Å². The number of piperidine rings is 1. The summed E-state index contributed by atoms with van der Waals surface area (Å²) in [6.07, 6.45) is 6.46. The van der Waals surface area contributed by atoms with Crippen LogP contribution >= 0.6 is 0 Å². The molecule has 3 rings (SSSR count). The van der Waals surface area contributed by atoms with Crippen LogP contribution in [-0.4, -0.2) is 57.2 Å². The lowest BCUT2D eigenvalue weighted by Gasteiger charge is -2.43. The molecule has 28 heavy (non-hydrogen) atoms. The summed E-state index contributed by atoms with van der Waals surface area (Å²) in [5.41, 5.74) is -0.435.